The van der Waals surface area contributed by atoms with Gasteiger partial charge in [0.25, 0.3) is 0 Å². The Morgan fingerprint density at radius 1 is 1.35 bits per heavy atom. The van der Waals surface area contributed by atoms with Crippen LogP contribution in [0.3, 0.4) is 0 Å². The summed E-state index contributed by atoms with van der Waals surface area (Å²) in [5, 5.41) is 8.85. The number of halogens is 3. The Morgan fingerprint density at radius 2 is 2.06 bits per heavy atom. The van der Waals surface area contributed by atoms with E-state index in [0.29, 0.717) is 18.1 Å². The summed E-state index contributed by atoms with van der Waals surface area (Å²) in [5.41, 5.74) is -1.21. The summed E-state index contributed by atoms with van der Waals surface area (Å²) in [6.07, 6.45) is -4.49. The number of rotatable bonds is 2. The van der Waals surface area contributed by atoms with Gasteiger partial charge < -0.3 is 4.74 Å². The number of ether oxygens (including phenoxy) is 1. The topological polar surface area (TPSA) is 33.0 Å². The van der Waals surface area contributed by atoms with Crippen LogP contribution in [0.1, 0.15) is 11.1 Å². The van der Waals surface area contributed by atoms with Crippen molar-refractivity contribution in [3.63, 3.8) is 0 Å². The summed E-state index contributed by atoms with van der Waals surface area (Å²) in [5.74, 6) is 0. The zero-order chi connectivity index (χ0) is 12.5. The zero-order valence-corrected chi connectivity index (χ0v) is 9.44. The Hall–Kier alpha value is -1.19. The van der Waals surface area contributed by atoms with Crippen molar-refractivity contribution < 1.29 is 17.9 Å². The minimum atomic E-state index is -4.49. The second-order valence-electron chi connectivity index (χ2n) is 3.59. The maximum Gasteiger partial charge on any atom is 0.417 e. The molecule has 0 N–H and O–H groups in total. The van der Waals surface area contributed by atoms with Crippen LogP contribution in [0.25, 0.3) is 0 Å². The van der Waals surface area contributed by atoms with Crippen molar-refractivity contribution in [3.8, 4) is 6.07 Å². The second-order valence-corrected chi connectivity index (χ2v) is 4.97. The summed E-state index contributed by atoms with van der Waals surface area (Å²) in [6.45, 7) is 1.12. The molecule has 1 aliphatic rings. The molecule has 1 saturated heterocycles. The molecule has 1 aromatic carbocycles. The Morgan fingerprint density at radius 3 is 2.53 bits per heavy atom. The smallest absolute Gasteiger partial charge is 0.379 e. The van der Waals surface area contributed by atoms with Gasteiger partial charge in [0.05, 0.1) is 35.7 Å². The molecule has 0 spiro atoms. The molecule has 6 heteroatoms. The fourth-order valence-corrected chi connectivity index (χ4v) is 2.45. The van der Waals surface area contributed by atoms with E-state index in [9.17, 15) is 13.2 Å². The van der Waals surface area contributed by atoms with Crippen LogP contribution in [0.15, 0.2) is 23.1 Å². The average Bonchev–Trinajstić information content (AvgIpc) is 2.22. The minimum absolute atomic E-state index is 0.212. The standard InChI is InChI=1S/C11H8F3NOS/c12-11(13,14)10-3-8(2-1-7(10)4-15)17-9-5-16-6-9/h1-3,9H,5-6H2. The molecule has 1 aliphatic heterocycles. The summed E-state index contributed by atoms with van der Waals surface area (Å²) in [7, 11) is 0. The molecule has 0 aliphatic carbocycles. The fourth-order valence-electron chi connectivity index (χ4n) is 1.40. The van der Waals surface area contributed by atoms with Crippen LogP contribution < -0.4 is 0 Å². The second kappa shape index (κ2) is 4.59. The first-order valence-electron chi connectivity index (χ1n) is 4.86. The molecular weight excluding hydrogens is 251 g/mol. The van der Waals surface area contributed by atoms with Gasteiger partial charge in [-0.15, -0.1) is 11.8 Å². The molecule has 0 radical (unpaired) electrons. The first kappa shape index (κ1) is 12.3. The number of alkyl halides is 3. The lowest BCUT2D eigenvalue weighted by molar-refractivity contribution is -0.137. The Kier molecular flexibility index (Phi) is 3.31. The normalized spacial score (nSPS) is 16.4. The molecule has 2 rings (SSSR count). The van der Waals surface area contributed by atoms with Crippen LogP contribution in [-0.2, 0) is 10.9 Å². The largest absolute Gasteiger partial charge is 0.417 e. The van der Waals surface area contributed by atoms with Gasteiger partial charge in [0.15, 0.2) is 0 Å². The van der Waals surface area contributed by atoms with E-state index in [2.05, 4.69) is 0 Å². The molecule has 0 atom stereocenters. The molecule has 2 nitrogen and oxygen atoms in total. The van der Waals surface area contributed by atoms with Crippen molar-refractivity contribution in [2.45, 2.75) is 16.3 Å². The number of hydrogen-bond donors (Lipinski definition) is 0. The third-order valence-corrected chi connectivity index (χ3v) is 3.46. The molecule has 0 amide bonds. The van der Waals surface area contributed by atoms with E-state index in [0.717, 1.165) is 6.07 Å². The zero-order valence-electron chi connectivity index (χ0n) is 8.62. The first-order valence-corrected chi connectivity index (χ1v) is 5.74. The Balaban J connectivity index is 2.28. The van der Waals surface area contributed by atoms with Crippen LogP contribution in [-0.4, -0.2) is 18.5 Å². The highest BCUT2D eigenvalue weighted by Gasteiger charge is 2.34. The lowest BCUT2D eigenvalue weighted by Crippen LogP contribution is -2.30. The van der Waals surface area contributed by atoms with E-state index in [1.807, 2.05) is 0 Å². The molecule has 0 aromatic heterocycles. The molecule has 0 bridgehead atoms. The highest BCUT2D eigenvalue weighted by molar-refractivity contribution is 8.00. The number of hydrogen-bond acceptors (Lipinski definition) is 3. The van der Waals surface area contributed by atoms with Crippen LogP contribution in [0.5, 0.6) is 0 Å². The van der Waals surface area contributed by atoms with Crippen LogP contribution in [0, 0.1) is 11.3 Å². The van der Waals surface area contributed by atoms with Gasteiger partial charge in [0.1, 0.15) is 0 Å². The van der Waals surface area contributed by atoms with Crippen molar-refractivity contribution in [1.82, 2.24) is 0 Å². The number of thioether (sulfide) groups is 1. The van der Waals surface area contributed by atoms with Crippen LogP contribution >= 0.6 is 11.8 Å². The monoisotopic (exact) mass is 259 g/mol. The van der Waals surface area contributed by atoms with E-state index >= 15 is 0 Å². The highest BCUT2D eigenvalue weighted by Crippen LogP contribution is 2.36. The molecule has 1 heterocycles. The first-order chi connectivity index (χ1) is 8.00. The third-order valence-electron chi connectivity index (χ3n) is 2.33. The lowest BCUT2D eigenvalue weighted by atomic mass is 10.1. The van der Waals surface area contributed by atoms with E-state index < -0.39 is 11.7 Å². The number of nitriles is 1. The summed E-state index contributed by atoms with van der Waals surface area (Å²) >= 11 is 1.35. The number of nitrogens with zero attached hydrogens (tertiary/aromatic N) is 1. The Bertz CT molecular complexity index is 463. The molecule has 17 heavy (non-hydrogen) atoms. The molecule has 0 saturated carbocycles. The average molecular weight is 259 g/mol. The molecule has 1 fully saturated rings. The van der Waals surface area contributed by atoms with Crippen LogP contribution in [0.4, 0.5) is 13.2 Å². The number of benzene rings is 1. The van der Waals surface area contributed by atoms with Crippen molar-refractivity contribution in [2.75, 3.05) is 13.2 Å². The molecule has 0 unspecified atom stereocenters. The van der Waals surface area contributed by atoms with Gasteiger partial charge in [-0.2, -0.15) is 18.4 Å². The summed E-state index contributed by atoms with van der Waals surface area (Å²) in [4.78, 5) is 0.518. The maximum atomic E-state index is 12.7. The predicted molar refractivity (Wildman–Crippen MR) is 56.6 cm³/mol. The fraction of sp³-hybridized carbons (Fsp3) is 0.364. The van der Waals surface area contributed by atoms with Crippen molar-refractivity contribution in [3.05, 3.63) is 29.3 Å². The van der Waals surface area contributed by atoms with Crippen molar-refractivity contribution in [1.29, 1.82) is 5.26 Å². The quantitative estimate of drug-likeness (QED) is 0.818. The summed E-state index contributed by atoms with van der Waals surface area (Å²) < 4.78 is 42.9. The van der Waals surface area contributed by atoms with Gasteiger partial charge in [0.2, 0.25) is 0 Å². The SMILES string of the molecule is N#Cc1ccc(SC2COC2)cc1C(F)(F)F. The molecule has 90 valence electrons. The predicted octanol–water partition coefficient (Wildman–Crippen LogP) is 3.07. The van der Waals surface area contributed by atoms with Crippen molar-refractivity contribution >= 4 is 11.8 Å². The van der Waals surface area contributed by atoms with Gasteiger partial charge in [-0.25, -0.2) is 0 Å². The highest BCUT2D eigenvalue weighted by atomic mass is 32.2. The van der Waals surface area contributed by atoms with E-state index in [-0.39, 0.29) is 10.8 Å². The van der Waals surface area contributed by atoms with Gasteiger partial charge in [-0.3, -0.25) is 0 Å². The summed E-state index contributed by atoms with van der Waals surface area (Å²) in [6, 6.07) is 5.34. The third kappa shape index (κ3) is 2.73. The molecule has 1 aromatic rings. The van der Waals surface area contributed by atoms with Gasteiger partial charge in [-0.1, -0.05) is 0 Å². The molecular formula is C11H8F3NOS. The van der Waals surface area contributed by atoms with E-state index in [1.165, 1.54) is 23.9 Å². The van der Waals surface area contributed by atoms with Gasteiger partial charge >= 0.3 is 6.18 Å². The lowest BCUT2D eigenvalue weighted by Gasteiger charge is -2.25. The minimum Gasteiger partial charge on any atom is -0.379 e. The Labute approximate surface area is 100 Å². The van der Waals surface area contributed by atoms with Gasteiger partial charge in [-0.05, 0) is 18.2 Å². The maximum absolute atomic E-state index is 12.7. The van der Waals surface area contributed by atoms with E-state index in [4.69, 9.17) is 10.00 Å². The van der Waals surface area contributed by atoms with Crippen molar-refractivity contribution in [2.24, 2.45) is 0 Å². The van der Waals surface area contributed by atoms with E-state index in [1.54, 1.807) is 6.07 Å². The van der Waals surface area contributed by atoms with Crippen LogP contribution in [0.2, 0.25) is 0 Å². The van der Waals surface area contributed by atoms with Gasteiger partial charge in [0, 0.05) is 4.90 Å².